The summed E-state index contributed by atoms with van der Waals surface area (Å²) in [6.07, 6.45) is 2.08. The molecule has 0 aliphatic heterocycles. The average molecular weight is 278 g/mol. The van der Waals surface area contributed by atoms with Crippen LogP contribution in [0.1, 0.15) is 18.4 Å². The SMILES string of the molecule is OC(CCCCl)Cc1cccc(Br)c1. The number of aliphatic hydroxyl groups is 1. The molecule has 1 aromatic carbocycles. The molecule has 0 spiro atoms. The molecule has 1 rings (SSSR count). The van der Waals surface area contributed by atoms with Crippen LogP contribution >= 0.6 is 27.5 Å². The van der Waals surface area contributed by atoms with Crippen molar-refractivity contribution in [2.24, 2.45) is 0 Å². The predicted molar refractivity (Wildman–Crippen MR) is 63.8 cm³/mol. The van der Waals surface area contributed by atoms with Crippen LogP contribution < -0.4 is 0 Å². The fraction of sp³-hybridized carbons (Fsp3) is 0.455. The van der Waals surface area contributed by atoms with Crippen molar-refractivity contribution in [2.45, 2.75) is 25.4 Å². The molecule has 3 heteroatoms. The average Bonchev–Trinajstić information content (AvgIpc) is 2.15. The summed E-state index contributed by atoms with van der Waals surface area (Å²) in [6, 6.07) is 8.01. The van der Waals surface area contributed by atoms with Gasteiger partial charge in [0.1, 0.15) is 0 Å². The van der Waals surface area contributed by atoms with Gasteiger partial charge in [0.25, 0.3) is 0 Å². The summed E-state index contributed by atoms with van der Waals surface area (Å²) in [6.45, 7) is 0. The molecule has 0 aliphatic carbocycles. The van der Waals surface area contributed by atoms with Gasteiger partial charge in [0.2, 0.25) is 0 Å². The number of alkyl halides is 1. The molecule has 1 nitrogen and oxygen atoms in total. The van der Waals surface area contributed by atoms with Crippen molar-refractivity contribution < 1.29 is 5.11 Å². The van der Waals surface area contributed by atoms with Crippen molar-refractivity contribution in [3.63, 3.8) is 0 Å². The molecule has 0 aliphatic rings. The van der Waals surface area contributed by atoms with Crippen molar-refractivity contribution in [3.8, 4) is 0 Å². The topological polar surface area (TPSA) is 20.2 Å². The lowest BCUT2D eigenvalue weighted by Gasteiger charge is -2.09. The van der Waals surface area contributed by atoms with Crippen LogP contribution in [-0.2, 0) is 6.42 Å². The van der Waals surface area contributed by atoms with Crippen molar-refractivity contribution in [2.75, 3.05) is 5.88 Å². The lowest BCUT2D eigenvalue weighted by molar-refractivity contribution is 0.164. The number of benzene rings is 1. The van der Waals surface area contributed by atoms with Gasteiger partial charge in [-0.2, -0.15) is 0 Å². The van der Waals surface area contributed by atoms with Crippen LogP contribution in [0.5, 0.6) is 0 Å². The summed E-state index contributed by atoms with van der Waals surface area (Å²) >= 11 is 8.96. The number of rotatable bonds is 5. The molecule has 0 radical (unpaired) electrons. The Morgan fingerprint density at radius 2 is 2.21 bits per heavy atom. The summed E-state index contributed by atoms with van der Waals surface area (Å²) in [7, 11) is 0. The maximum Gasteiger partial charge on any atom is 0.0581 e. The van der Waals surface area contributed by atoms with Gasteiger partial charge >= 0.3 is 0 Å². The Labute approximate surface area is 98.2 Å². The molecule has 14 heavy (non-hydrogen) atoms. The second-order valence-electron chi connectivity index (χ2n) is 3.32. The van der Waals surface area contributed by atoms with Crippen LogP contribution in [0, 0.1) is 0 Å². The first kappa shape index (κ1) is 12.0. The van der Waals surface area contributed by atoms with E-state index in [0.29, 0.717) is 12.3 Å². The fourth-order valence-electron chi connectivity index (χ4n) is 1.35. The maximum atomic E-state index is 9.65. The van der Waals surface area contributed by atoms with E-state index in [1.807, 2.05) is 24.3 Å². The van der Waals surface area contributed by atoms with Gasteiger partial charge in [-0.15, -0.1) is 11.6 Å². The van der Waals surface area contributed by atoms with Gasteiger partial charge < -0.3 is 5.11 Å². The van der Waals surface area contributed by atoms with E-state index in [9.17, 15) is 5.11 Å². The molecular weight excluding hydrogens is 263 g/mol. The Morgan fingerprint density at radius 1 is 1.43 bits per heavy atom. The van der Waals surface area contributed by atoms with Crippen molar-refractivity contribution in [3.05, 3.63) is 34.3 Å². The summed E-state index contributed by atoms with van der Waals surface area (Å²) in [5, 5.41) is 9.65. The molecule has 0 heterocycles. The molecule has 0 aromatic heterocycles. The van der Waals surface area contributed by atoms with E-state index in [1.165, 1.54) is 0 Å². The van der Waals surface area contributed by atoms with E-state index in [0.717, 1.165) is 22.9 Å². The highest BCUT2D eigenvalue weighted by Crippen LogP contribution is 2.14. The molecule has 1 aromatic rings. The van der Waals surface area contributed by atoms with Crippen LogP contribution in [0.15, 0.2) is 28.7 Å². The standard InChI is InChI=1S/C11H14BrClO/c12-10-4-1-3-9(7-10)8-11(14)5-2-6-13/h1,3-4,7,11,14H,2,5-6,8H2. The molecule has 0 amide bonds. The Hall–Kier alpha value is -0.0500. The zero-order valence-corrected chi connectivity index (χ0v) is 10.3. The number of halogens is 2. The van der Waals surface area contributed by atoms with Crippen LogP contribution in [-0.4, -0.2) is 17.1 Å². The monoisotopic (exact) mass is 276 g/mol. The molecular formula is C11H14BrClO. The van der Waals surface area contributed by atoms with Gasteiger partial charge in [0, 0.05) is 10.4 Å². The highest BCUT2D eigenvalue weighted by molar-refractivity contribution is 9.10. The third-order valence-electron chi connectivity index (χ3n) is 2.03. The number of aliphatic hydroxyl groups excluding tert-OH is 1. The van der Waals surface area contributed by atoms with Gasteiger partial charge in [-0.25, -0.2) is 0 Å². The molecule has 1 N–H and O–H groups in total. The van der Waals surface area contributed by atoms with E-state index in [4.69, 9.17) is 11.6 Å². The van der Waals surface area contributed by atoms with Crippen LogP contribution in [0.25, 0.3) is 0 Å². The van der Waals surface area contributed by atoms with E-state index in [1.54, 1.807) is 0 Å². The first-order valence-electron chi connectivity index (χ1n) is 4.71. The fourth-order valence-corrected chi connectivity index (χ4v) is 1.95. The summed E-state index contributed by atoms with van der Waals surface area (Å²) < 4.78 is 1.06. The molecule has 1 atom stereocenters. The number of hydrogen-bond donors (Lipinski definition) is 1. The van der Waals surface area contributed by atoms with Gasteiger partial charge in [-0.05, 0) is 37.0 Å². The van der Waals surface area contributed by atoms with Crippen molar-refractivity contribution in [1.82, 2.24) is 0 Å². The summed E-state index contributed by atoms with van der Waals surface area (Å²) in [4.78, 5) is 0. The molecule has 0 saturated heterocycles. The normalized spacial score (nSPS) is 12.8. The first-order chi connectivity index (χ1) is 6.72. The third-order valence-corrected chi connectivity index (χ3v) is 2.79. The minimum absolute atomic E-state index is 0.275. The Balaban J connectivity index is 2.43. The van der Waals surface area contributed by atoms with Gasteiger partial charge in [-0.1, -0.05) is 28.1 Å². The Morgan fingerprint density at radius 3 is 2.86 bits per heavy atom. The zero-order valence-electron chi connectivity index (χ0n) is 7.92. The molecule has 0 fully saturated rings. The Bertz CT molecular complexity index is 278. The molecule has 0 bridgehead atoms. The second kappa shape index (κ2) is 6.44. The van der Waals surface area contributed by atoms with Gasteiger partial charge in [0.05, 0.1) is 6.10 Å². The predicted octanol–water partition coefficient (Wildman–Crippen LogP) is 3.37. The third kappa shape index (κ3) is 4.45. The molecule has 0 saturated carbocycles. The second-order valence-corrected chi connectivity index (χ2v) is 4.61. The molecule has 1 unspecified atom stereocenters. The highest BCUT2D eigenvalue weighted by Gasteiger charge is 2.04. The lowest BCUT2D eigenvalue weighted by Crippen LogP contribution is -2.10. The van der Waals surface area contributed by atoms with Gasteiger partial charge in [0.15, 0.2) is 0 Å². The van der Waals surface area contributed by atoms with Crippen molar-refractivity contribution in [1.29, 1.82) is 0 Å². The first-order valence-corrected chi connectivity index (χ1v) is 6.03. The maximum absolute atomic E-state index is 9.65. The number of hydrogen-bond acceptors (Lipinski definition) is 1. The van der Waals surface area contributed by atoms with E-state index in [2.05, 4.69) is 15.9 Å². The summed E-state index contributed by atoms with van der Waals surface area (Å²) in [5.41, 5.74) is 1.15. The zero-order chi connectivity index (χ0) is 10.4. The Kier molecular flexibility index (Phi) is 5.53. The van der Waals surface area contributed by atoms with Crippen LogP contribution in [0.4, 0.5) is 0 Å². The van der Waals surface area contributed by atoms with E-state index in [-0.39, 0.29) is 6.10 Å². The van der Waals surface area contributed by atoms with Crippen LogP contribution in [0.3, 0.4) is 0 Å². The van der Waals surface area contributed by atoms with Crippen LogP contribution in [0.2, 0.25) is 0 Å². The minimum Gasteiger partial charge on any atom is -0.393 e. The lowest BCUT2D eigenvalue weighted by atomic mass is 10.1. The summed E-state index contributed by atoms with van der Waals surface area (Å²) in [5.74, 6) is 0.621. The smallest absolute Gasteiger partial charge is 0.0581 e. The van der Waals surface area contributed by atoms with E-state index < -0.39 is 0 Å². The van der Waals surface area contributed by atoms with E-state index >= 15 is 0 Å². The minimum atomic E-state index is -0.275. The van der Waals surface area contributed by atoms with Crippen molar-refractivity contribution >= 4 is 27.5 Å². The quantitative estimate of drug-likeness (QED) is 0.818. The molecule has 78 valence electrons. The largest absolute Gasteiger partial charge is 0.393 e. The van der Waals surface area contributed by atoms with Gasteiger partial charge in [-0.3, -0.25) is 0 Å². The highest BCUT2D eigenvalue weighted by atomic mass is 79.9.